The van der Waals surface area contributed by atoms with Gasteiger partial charge in [-0.3, -0.25) is 0 Å². The zero-order valence-electron chi connectivity index (χ0n) is 60.7. The van der Waals surface area contributed by atoms with Gasteiger partial charge in [0.25, 0.3) is 0 Å². The molecule has 3 aliphatic carbocycles. The normalized spacial score (nSPS) is 12.9. The quantitative estimate of drug-likeness (QED) is 0.161. The van der Waals surface area contributed by atoms with E-state index < -0.39 is 0 Å². The lowest BCUT2D eigenvalue weighted by Crippen LogP contribution is -2.15. The van der Waals surface area contributed by atoms with Crippen molar-refractivity contribution in [2.75, 3.05) is 0 Å². The standard InChI is InChI=1S/2C22H20.C16H16.3C13H11F/c1-15-8-10-16(11-9-15)17-12-13-19-18-6-4-5-7-20(18)22(2,3)21(19)14-17;1-15-9-11-18-19-12-10-17(16-7-5-4-6-8-16)14-21(19)22(2,3)20(18)13-15;1-11-8-9-13-12-6-4-5-7-14(12)16(2,3)15(13)10-11;1-10-2-4-11(5-3-10)12-6-8-13(14)9-7-12;2*1-10-5-7-11(8-6-10)12-3-2-4-13(14)9-12/h2*4-14H,1-3H3;4-10H,1-3H3;3*2-9H,1H3. The minimum Gasteiger partial charge on any atom is -0.207 e. The molecule has 0 radical (unpaired) electrons. The average molecular weight is 1340 g/mol. The molecular weight excluding hydrogens is 1250 g/mol. The predicted octanol–water partition coefficient (Wildman–Crippen LogP) is 27.6. The monoisotopic (exact) mass is 1330 g/mol. The molecule has 0 bridgehead atoms. The van der Waals surface area contributed by atoms with E-state index in [2.05, 4.69) is 257 Å². The molecule has 0 aromatic heterocycles. The summed E-state index contributed by atoms with van der Waals surface area (Å²) in [6, 6.07) is 109. The highest BCUT2D eigenvalue weighted by Crippen LogP contribution is 2.52. The van der Waals surface area contributed by atoms with Crippen LogP contribution in [-0.4, -0.2) is 0 Å². The Kier molecular flexibility index (Phi) is 21.1. The third-order valence-corrected chi connectivity index (χ3v) is 20.3. The minimum absolute atomic E-state index is 0.0709. The molecule has 3 heteroatoms. The number of fused-ring (bicyclic) bond motifs is 9. The maximum Gasteiger partial charge on any atom is 0.123 e. The van der Waals surface area contributed by atoms with Crippen LogP contribution in [0.25, 0.3) is 89.0 Å². The molecule has 3 aliphatic rings. The lowest BCUT2D eigenvalue weighted by Gasteiger charge is -2.22. The Morgan fingerprint density at radius 1 is 0.167 bits per heavy atom. The number of aryl methyl sites for hydroxylation is 6. The molecule has 0 amide bonds. The SMILES string of the molecule is Cc1ccc(-c2ccc(F)cc2)cc1.Cc1ccc(-c2ccc3c(c2)C(C)(C)c2ccccc2-3)cc1.Cc1ccc(-c2cccc(F)c2)cc1.Cc1ccc(-c2cccc(F)c2)cc1.Cc1ccc2c(c1)C(C)(C)c1cc(-c3ccccc3)ccc1-2.Cc1ccc2c(c1)C(C)(C)c1ccccc1-2. The van der Waals surface area contributed by atoms with Crippen molar-refractivity contribution in [3.05, 3.63) is 406 Å². The highest BCUT2D eigenvalue weighted by atomic mass is 19.1. The maximum absolute atomic E-state index is 12.9. The molecule has 0 saturated heterocycles. The van der Waals surface area contributed by atoms with Crippen molar-refractivity contribution in [3.63, 3.8) is 0 Å². The number of rotatable bonds is 5. The largest absolute Gasteiger partial charge is 0.207 e. The summed E-state index contributed by atoms with van der Waals surface area (Å²) < 4.78 is 38.5. The summed E-state index contributed by atoms with van der Waals surface area (Å²) in [6.45, 7) is 26.6. The third kappa shape index (κ3) is 15.7. The van der Waals surface area contributed by atoms with Gasteiger partial charge in [-0.05, 0) is 212 Å². The molecule has 0 aliphatic heterocycles. The first-order valence-electron chi connectivity index (χ1n) is 35.3. The highest BCUT2D eigenvalue weighted by molar-refractivity contribution is 5.86. The van der Waals surface area contributed by atoms with Gasteiger partial charge in [0.15, 0.2) is 0 Å². The zero-order valence-corrected chi connectivity index (χ0v) is 60.7. The average Bonchev–Trinajstić information content (AvgIpc) is 1.60. The lowest BCUT2D eigenvalue weighted by atomic mass is 9.81. The third-order valence-electron chi connectivity index (χ3n) is 20.3. The summed E-state index contributed by atoms with van der Waals surface area (Å²) >= 11 is 0. The Morgan fingerprint density at radius 2 is 0.402 bits per heavy atom. The van der Waals surface area contributed by atoms with Crippen molar-refractivity contribution in [3.8, 4) is 89.0 Å². The van der Waals surface area contributed by atoms with E-state index in [0.717, 1.165) is 33.4 Å². The van der Waals surface area contributed by atoms with Crippen LogP contribution in [0.4, 0.5) is 13.2 Å². The molecule has 0 saturated carbocycles. The van der Waals surface area contributed by atoms with Crippen molar-refractivity contribution in [1.29, 1.82) is 0 Å². The van der Waals surface area contributed by atoms with Gasteiger partial charge in [0.1, 0.15) is 17.5 Å². The van der Waals surface area contributed by atoms with Gasteiger partial charge >= 0.3 is 0 Å². The van der Waals surface area contributed by atoms with Crippen molar-refractivity contribution in [1.82, 2.24) is 0 Å². The van der Waals surface area contributed by atoms with Crippen LogP contribution in [0, 0.1) is 59.0 Å². The van der Waals surface area contributed by atoms with E-state index in [4.69, 9.17) is 0 Å². The molecule has 0 heterocycles. The molecule has 506 valence electrons. The van der Waals surface area contributed by atoms with Gasteiger partial charge in [0.05, 0.1) is 0 Å². The van der Waals surface area contributed by atoms with Crippen LogP contribution in [0.5, 0.6) is 0 Å². The van der Waals surface area contributed by atoms with E-state index in [9.17, 15) is 13.2 Å². The summed E-state index contributed by atoms with van der Waals surface area (Å²) in [5, 5.41) is 0. The van der Waals surface area contributed by atoms with Gasteiger partial charge < -0.3 is 0 Å². The molecule has 0 nitrogen and oxygen atoms in total. The second-order valence-corrected chi connectivity index (χ2v) is 28.9. The Labute approximate surface area is 603 Å². The Balaban J connectivity index is 0.000000117. The molecule has 0 unspecified atom stereocenters. The van der Waals surface area contributed by atoms with Gasteiger partial charge in [-0.1, -0.05) is 348 Å². The number of hydrogen-bond donors (Lipinski definition) is 0. The van der Waals surface area contributed by atoms with E-state index in [-0.39, 0.29) is 33.7 Å². The zero-order chi connectivity index (χ0) is 71.9. The molecule has 17 rings (SSSR count). The fraction of sp³-hybridized carbons (Fsp3) is 0.152. The van der Waals surface area contributed by atoms with E-state index in [1.807, 2.05) is 86.6 Å². The van der Waals surface area contributed by atoms with Gasteiger partial charge in [0.2, 0.25) is 0 Å². The Morgan fingerprint density at radius 3 is 0.755 bits per heavy atom. The second kappa shape index (κ2) is 30.4. The van der Waals surface area contributed by atoms with E-state index in [0.29, 0.717) is 0 Å². The van der Waals surface area contributed by atoms with E-state index in [1.165, 1.54) is 147 Å². The Bertz CT molecular complexity index is 5100. The fourth-order valence-corrected chi connectivity index (χ4v) is 14.3. The second-order valence-electron chi connectivity index (χ2n) is 28.9. The molecule has 14 aromatic carbocycles. The summed E-state index contributed by atoms with van der Waals surface area (Å²) in [6.07, 6.45) is 0. The molecule has 0 N–H and O–H groups in total. The molecular formula is C99H89F3. The smallest absolute Gasteiger partial charge is 0.123 e. The van der Waals surface area contributed by atoms with Crippen molar-refractivity contribution in [2.45, 2.75) is 99.3 Å². The first-order chi connectivity index (χ1) is 49.0. The van der Waals surface area contributed by atoms with E-state index in [1.54, 1.807) is 36.4 Å². The van der Waals surface area contributed by atoms with Crippen LogP contribution >= 0.6 is 0 Å². The predicted molar refractivity (Wildman–Crippen MR) is 427 cm³/mol. The molecule has 0 fully saturated rings. The number of benzene rings is 14. The summed E-state index contributed by atoms with van der Waals surface area (Å²) in [7, 11) is 0. The van der Waals surface area contributed by atoms with Gasteiger partial charge in [-0.25, -0.2) is 13.2 Å². The van der Waals surface area contributed by atoms with Crippen LogP contribution in [0.15, 0.2) is 322 Å². The van der Waals surface area contributed by atoms with Crippen molar-refractivity contribution >= 4 is 0 Å². The Hall–Kier alpha value is -11.1. The van der Waals surface area contributed by atoms with Crippen molar-refractivity contribution < 1.29 is 13.2 Å². The van der Waals surface area contributed by atoms with Gasteiger partial charge in [-0.2, -0.15) is 0 Å². The van der Waals surface area contributed by atoms with Crippen LogP contribution < -0.4 is 0 Å². The fourth-order valence-electron chi connectivity index (χ4n) is 14.3. The molecule has 14 aromatic rings. The van der Waals surface area contributed by atoms with Crippen LogP contribution in [0.3, 0.4) is 0 Å². The molecule has 0 atom stereocenters. The first-order valence-corrected chi connectivity index (χ1v) is 35.3. The summed E-state index contributed by atoms with van der Waals surface area (Å²) in [4.78, 5) is 0. The van der Waals surface area contributed by atoms with Gasteiger partial charge in [0, 0.05) is 16.2 Å². The van der Waals surface area contributed by atoms with Crippen LogP contribution in [-0.2, 0) is 16.2 Å². The molecule has 0 spiro atoms. The highest BCUT2D eigenvalue weighted by Gasteiger charge is 2.37. The first kappa shape index (κ1) is 70.7. The van der Waals surface area contributed by atoms with Crippen LogP contribution in [0.2, 0.25) is 0 Å². The van der Waals surface area contributed by atoms with Crippen LogP contribution in [0.1, 0.15) is 108 Å². The van der Waals surface area contributed by atoms with Crippen molar-refractivity contribution in [2.24, 2.45) is 0 Å². The lowest BCUT2D eigenvalue weighted by molar-refractivity contribution is 0.627. The topological polar surface area (TPSA) is 0 Å². The number of hydrogen-bond acceptors (Lipinski definition) is 0. The van der Waals surface area contributed by atoms with E-state index >= 15 is 0 Å². The van der Waals surface area contributed by atoms with Gasteiger partial charge in [-0.15, -0.1) is 0 Å². The summed E-state index contributed by atoms with van der Waals surface area (Å²) in [5.74, 6) is -0.577. The number of halogens is 3. The summed E-state index contributed by atoms with van der Waals surface area (Å²) in [5.41, 5.74) is 36.3. The molecule has 102 heavy (non-hydrogen) atoms. The minimum atomic E-state index is -0.194. The maximum atomic E-state index is 12.9.